The third-order valence-electron chi connectivity index (χ3n) is 0.570. The molecular weight excluding hydrogens is 80.0 g/mol. The fourth-order valence-corrected chi connectivity index (χ4v) is 0.298. The summed E-state index contributed by atoms with van der Waals surface area (Å²) in [6, 6.07) is 0. The first-order valence-electron chi connectivity index (χ1n) is 1.71. The van der Waals surface area contributed by atoms with Crippen LogP contribution in [0.15, 0.2) is 12.1 Å². The molecule has 1 rings (SSSR count). The summed E-state index contributed by atoms with van der Waals surface area (Å²) in [5.74, 6) is 0.606. The van der Waals surface area contributed by atoms with E-state index in [2.05, 4.69) is 10.1 Å². The molecule has 0 saturated carbocycles. The molecule has 1 heterocycles. The summed E-state index contributed by atoms with van der Waals surface area (Å²) < 4.78 is 4.66. The van der Waals surface area contributed by atoms with Gasteiger partial charge in [0.25, 0.3) is 0 Å². The minimum atomic E-state index is 0.520. The Morgan fingerprint density at radius 1 is 2.00 bits per heavy atom. The van der Waals surface area contributed by atoms with Gasteiger partial charge in [-0.05, 0) is 0 Å². The second kappa shape index (κ2) is 1.08. The van der Waals surface area contributed by atoms with Crippen molar-refractivity contribution in [2.75, 3.05) is 6.73 Å². The Balaban J connectivity index is 2.45. The van der Waals surface area contributed by atoms with E-state index in [0.717, 1.165) is 0 Å². The van der Waals surface area contributed by atoms with Crippen LogP contribution in [-0.4, -0.2) is 6.73 Å². The van der Waals surface area contributed by atoms with Crippen LogP contribution in [0.1, 0.15) is 0 Å². The standard InChI is InChI=1S/C3H6N2O/c4-3-1-6-2-5-3/h1,5H,2,4H2. The highest BCUT2D eigenvalue weighted by Gasteiger charge is 1.93. The van der Waals surface area contributed by atoms with E-state index in [1.54, 1.807) is 0 Å². The minimum Gasteiger partial charge on any atom is -0.477 e. The fraction of sp³-hybridized carbons (Fsp3) is 0.333. The zero-order valence-corrected chi connectivity index (χ0v) is 3.27. The van der Waals surface area contributed by atoms with Crippen molar-refractivity contribution in [3.8, 4) is 0 Å². The van der Waals surface area contributed by atoms with E-state index in [4.69, 9.17) is 5.73 Å². The number of nitrogens with one attached hydrogen (secondary N) is 1. The topological polar surface area (TPSA) is 47.3 Å². The van der Waals surface area contributed by atoms with Crippen molar-refractivity contribution < 1.29 is 4.74 Å². The lowest BCUT2D eigenvalue weighted by atomic mass is 10.8. The first-order valence-corrected chi connectivity index (χ1v) is 1.71. The van der Waals surface area contributed by atoms with Gasteiger partial charge in [-0.2, -0.15) is 0 Å². The van der Waals surface area contributed by atoms with Crippen molar-refractivity contribution in [1.29, 1.82) is 0 Å². The number of rotatable bonds is 0. The summed E-state index contributed by atoms with van der Waals surface area (Å²) in [5.41, 5.74) is 5.16. The Bertz CT molecular complexity index is 78.9. The van der Waals surface area contributed by atoms with Gasteiger partial charge in [-0.3, -0.25) is 0 Å². The van der Waals surface area contributed by atoms with E-state index in [-0.39, 0.29) is 0 Å². The molecule has 0 amide bonds. The molecule has 0 aliphatic carbocycles. The summed E-state index contributed by atoms with van der Waals surface area (Å²) in [7, 11) is 0. The fourth-order valence-electron chi connectivity index (χ4n) is 0.298. The van der Waals surface area contributed by atoms with Crippen molar-refractivity contribution in [3.63, 3.8) is 0 Å². The van der Waals surface area contributed by atoms with Crippen LogP contribution in [-0.2, 0) is 4.74 Å². The summed E-state index contributed by atoms with van der Waals surface area (Å²) in [5, 5.41) is 2.74. The normalized spacial score (nSPS) is 18.3. The summed E-state index contributed by atoms with van der Waals surface area (Å²) in [6.07, 6.45) is 1.49. The molecule has 34 valence electrons. The molecule has 0 saturated heterocycles. The molecule has 1 aliphatic rings. The summed E-state index contributed by atoms with van der Waals surface area (Å²) in [4.78, 5) is 0. The Labute approximate surface area is 35.8 Å². The number of ether oxygens (including phenoxy) is 1. The van der Waals surface area contributed by atoms with Crippen LogP contribution in [0, 0.1) is 0 Å². The average Bonchev–Trinajstić information content (AvgIpc) is 1.86. The van der Waals surface area contributed by atoms with Crippen LogP contribution >= 0.6 is 0 Å². The average molecular weight is 86.1 g/mol. The van der Waals surface area contributed by atoms with Gasteiger partial charge in [-0.15, -0.1) is 0 Å². The molecule has 0 atom stereocenters. The second-order valence-corrected chi connectivity index (χ2v) is 1.06. The Hall–Kier alpha value is -0.860. The molecule has 3 heteroatoms. The van der Waals surface area contributed by atoms with Gasteiger partial charge >= 0.3 is 0 Å². The molecule has 0 aromatic carbocycles. The Morgan fingerprint density at radius 2 is 2.83 bits per heavy atom. The molecule has 0 fully saturated rings. The van der Waals surface area contributed by atoms with Gasteiger partial charge in [0.2, 0.25) is 0 Å². The minimum absolute atomic E-state index is 0.520. The van der Waals surface area contributed by atoms with Crippen LogP contribution in [0.5, 0.6) is 0 Å². The molecule has 0 spiro atoms. The zero-order valence-electron chi connectivity index (χ0n) is 3.27. The van der Waals surface area contributed by atoms with E-state index in [9.17, 15) is 0 Å². The molecule has 0 aromatic rings. The highest BCUT2D eigenvalue weighted by molar-refractivity contribution is 4.90. The molecule has 3 N–H and O–H groups in total. The third-order valence-corrected chi connectivity index (χ3v) is 0.570. The lowest BCUT2D eigenvalue weighted by molar-refractivity contribution is 0.267. The highest BCUT2D eigenvalue weighted by atomic mass is 16.5. The predicted octanol–water partition coefficient (Wildman–Crippen LogP) is -0.679. The van der Waals surface area contributed by atoms with Crippen molar-refractivity contribution in [3.05, 3.63) is 12.1 Å². The molecular formula is C3H6N2O. The van der Waals surface area contributed by atoms with E-state index in [0.29, 0.717) is 12.6 Å². The van der Waals surface area contributed by atoms with Gasteiger partial charge in [0.15, 0.2) is 6.73 Å². The van der Waals surface area contributed by atoms with Crippen molar-refractivity contribution in [2.24, 2.45) is 5.73 Å². The Kier molecular flexibility index (Phi) is 0.602. The number of hydrogen-bond donors (Lipinski definition) is 2. The second-order valence-electron chi connectivity index (χ2n) is 1.06. The van der Waals surface area contributed by atoms with Gasteiger partial charge in [0, 0.05) is 0 Å². The molecule has 3 nitrogen and oxygen atoms in total. The smallest absolute Gasteiger partial charge is 0.159 e. The SMILES string of the molecule is NC1=COCN1. The van der Waals surface area contributed by atoms with Crippen molar-refractivity contribution >= 4 is 0 Å². The molecule has 0 aromatic heterocycles. The van der Waals surface area contributed by atoms with Crippen LogP contribution in [0.3, 0.4) is 0 Å². The number of nitrogens with two attached hydrogens (primary N) is 1. The third kappa shape index (κ3) is 0.381. The maximum Gasteiger partial charge on any atom is 0.159 e. The van der Waals surface area contributed by atoms with Gasteiger partial charge in [-0.1, -0.05) is 0 Å². The first-order chi connectivity index (χ1) is 2.89. The maximum atomic E-state index is 5.16. The molecule has 1 aliphatic heterocycles. The van der Waals surface area contributed by atoms with Crippen LogP contribution in [0.25, 0.3) is 0 Å². The summed E-state index contributed by atoms with van der Waals surface area (Å²) >= 11 is 0. The molecule has 0 unspecified atom stereocenters. The van der Waals surface area contributed by atoms with Crippen molar-refractivity contribution in [2.45, 2.75) is 0 Å². The van der Waals surface area contributed by atoms with E-state index in [1.165, 1.54) is 6.26 Å². The maximum absolute atomic E-state index is 5.16. The van der Waals surface area contributed by atoms with Crippen LogP contribution < -0.4 is 11.1 Å². The predicted molar refractivity (Wildman–Crippen MR) is 21.4 cm³/mol. The largest absolute Gasteiger partial charge is 0.477 e. The van der Waals surface area contributed by atoms with E-state index >= 15 is 0 Å². The van der Waals surface area contributed by atoms with Gasteiger partial charge < -0.3 is 15.8 Å². The van der Waals surface area contributed by atoms with Crippen LogP contribution in [0.4, 0.5) is 0 Å². The monoisotopic (exact) mass is 86.0 g/mol. The number of hydrogen-bond acceptors (Lipinski definition) is 3. The Morgan fingerprint density at radius 3 is 3.00 bits per heavy atom. The van der Waals surface area contributed by atoms with Gasteiger partial charge in [-0.25, -0.2) is 0 Å². The molecule has 0 bridgehead atoms. The lowest BCUT2D eigenvalue weighted by Crippen LogP contribution is -2.14. The van der Waals surface area contributed by atoms with Gasteiger partial charge in [0.1, 0.15) is 12.1 Å². The molecule has 0 radical (unpaired) electrons. The lowest BCUT2D eigenvalue weighted by Gasteiger charge is -1.86. The van der Waals surface area contributed by atoms with Crippen molar-refractivity contribution in [1.82, 2.24) is 5.32 Å². The quantitative estimate of drug-likeness (QED) is 0.410. The van der Waals surface area contributed by atoms with E-state index in [1.807, 2.05) is 0 Å². The molecule has 6 heavy (non-hydrogen) atoms. The van der Waals surface area contributed by atoms with E-state index < -0.39 is 0 Å². The summed E-state index contributed by atoms with van der Waals surface area (Å²) in [6.45, 7) is 0.520. The zero-order chi connectivity index (χ0) is 4.41. The van der Waals surface area contributed by atoms with Gasteiger partial charge in [0.05, 0.1) is 0 Å². The highest BCUT2D eigenvalue weighted by Crippen LogP contribution is 1.86. The van der Waals surface area contributed by atoms with Crippen LogP contribution in [0.2, 0.25) is 0 Å². The first kappa shape index (κ1) is 3.33.